The van der Waals surface area contributed by atoms with Crippen LogP contribution in [0.15, 0.2) is 6.20 Å². The van der Waals surface area contributed by atoms with Gasteiger partial charge in [-0.1, -0.05) is 11.3 Å². The molecule has 1 aromatic heterocycles. The Morgan fingerprint density at radius 1 is 1.67 bits per heavy atom. The highest BCUT2D eigenvalue weighted by Crippen LogP contribution is 2.26. The molecule has 0 unspecified atom stereocenters. The van der Waals surface area contributed by atoms with Gasteiger partial charge in [-0.3, -0.25) is 4.79 Å². The minimum absolute atomic E-state index is 0.134. The number of carbonyl (C=O) groups is 1. The summed E-state index contributed by atoms with van der Waals surface area (Å²) in [5, 5.41) is 0.911. The fraction of sp³-hybridized carbons (Fsp3) is 0.600. The van der Waals surface area contributed by atoms with Gasteiger partial charge in [0.15, 0.2) is 11.4 Å². The standard InChI is InChI=1S/C10H14N2O2S/c1-10(2)7-12(3-4-14-10)9-11-5-8(6-13)15-9/h5-6H,3-4,7H2,1-2H3. The molecule has 2 rings (SSSR count). The van der Waals surface area contributed by atoms with Crippen LogP contribution in [0.3, 0.4) is 0 Å². The fourth-order valence-electron chi connectivity index (χ4n) is 1.66. The van der Waals surface area contributed by atoms with Crippen molar-refractivity contribution in [2.24, 2.45) is 0 Å². The number of hydrogen-bond acceptors (Lipinski definition) is 5. The van der Waals surface area contributed by atoms with E-state index in [2.05, 4.69) is 23.7 Å². The minimum atomic E-state index is -0.134. The fourth-order valence-corrected chi connectivity index (χ4v) is 2.41. The third kappa shape index (κ3) is 2.35. The lowest BCUT2D eigenvalue weighted by atomic mass is 10.1. The molecule has 15 heavy (non-hydrogen) atoms. The maximum atomic E-state index is 10.6. The normalized spacial score (nSPS) is 20.3. The molecule has 1 aromatic rings. The SMILES string of the molecule is CC1(C)CN(c2ncc(C=O)s2)CCO1. The highest BCUT2D eigenvalue weighted by Gasteiger charge is 2.28. The van der Waals surface area contributed by atoms with Crippen LogP contribution in [0.2, 0.25) is 0 Å². The van der Waals surface area contributed by atoms with Crippen molar-refractivity contribution in [1.82, 2.24) is 4.98 Å². The topological polar surface area (TPSA) is 42.4 Å². The quantitative estimate of drug-likeness (QED) is 0.718. The van der Waals surface area contributed by atoms with Crippen LogP contribution in [0.1, 0.15) is 23.5 Å². The van der Waals surface area contributed by atoms with E-state index in [1.54, 1.807) is 6.20 Å². The van der Waals surface area contributed by atoms with Crippen molar-refractivity contribution in [3.05, 3.63) is 11.1 Å². The lowest BCUT2D eigenvalue weighted by Crippen LogP contribution is -2.48. The van der Waals surface area contributed by atoms with E-state index in [-0.39, 0.29) is 5.60 Å². The first kappa shape index (κ1) is 10.6. The van der Waals surface area contributed by atoms with Crippen LogP contribution in [0.25, 0.3) is 0 Å². The van der Waals surface area contributed by atoms with Gasteiger partial charge in [0.1, 0.15) is 0 Å². The zero-order chi connectivity index (χ0) is 10.9. The van der Waals surface area contributed by atoms with E-state index in [1.165, 1.54) is 11.3 Å². The molecule has 2 heterocycles. The van der Waals surface area contributed by atoms with Gasteiger partial charge in [-0.25, -0.2) is 4.98 Å². The summed E-state index contributed by atoms with van der Waals surface area (Å²) in [6.07, 6.45) is 2.46. The monoisotopic (exact) mass is 226 g/mol. The van der Waals surface area contributed by atoms with Crippen molar-refractivity contribution in [2.45, 2.75) is 19.4 Å². The summed E-state index contributed by atoms with van der Waals surface area (Å²) in [5.74, 6) is 0. The van der Waals surface area contributed by atoms with Gasteiger partial charge in [-0.15, -0.1) is 0 Å². The molecule has 0 N–H and O–H groups in total. The lowest BCUT2D eigenvalue weighted by Gasteiger charge is -2.37. The third-order valence-corrected chi connectivity index (χ3v) is 3.31. The van der Waals surface area contributed by atoms with Gasteiger partial charge in [-0.2, -0.15) is 0 Å². The van der Waals surface area contributed by atoms with Crippen LogP contribution in [-0.4, -0.2) is 36.6 Å². The average Bonchev–Trinajstić information content (AvgIpc) is 2.64. The Labute approximate surface area is 92.9 Å². The minimum Gasteiger partial charge on any atom is -0.372 e. The van der Waals surface area contributed by atoms with E-state index in [1.807, 2.05) is 0 Å². The molecule has 0 aliphatic carbocycles. The molecule has 1 aliphatic rings. The molecule has 0 spiro atoms. The second kappa shape index (κ2) is 3.90. The molecule has 0 atom stereocenters. The van der Waals surface area contributed by atoms with E-state index < -0.39 is 0 Å². The molecular weight excluding hydrogens is 212 g/mol. The van der Waals surface area contributed by atoms with Crippen LogP contribution in [0.4, 0.5) is 5.13 Å². The number of aldehydes is 1. The lowest BCUT2D eigenvalue weighted by molar-refractivity contribution is -0.0277. The van der Waals surface area contributed by atoms with E-state index in [0.29, 0.717) is 11.5 Å². The van der Waals surface area contributed by atoms with Gasteiger partial charge >= 0.3 is 0 Å². The molecule has 0 saturated carbocycles. The number of carbonyl (C=O) groups excluding carboxylic acids is 1. The summed E-state index contributed by atoms with van der Waals surface area (Å²) in [6, 6.07) is 0. The Balaban J connectivity index is 2.13. The molecular formula is C10H14N2O2S. The van der Waals surface area contributed by atoms with E-state index in [9.17, 15) is 4.79 Å². The maximum absolute atomic E-state index is 10.6. The predicted octanol–water partition coefficient (Wildman–Crippen LogP) is 1.57. The van der Waals surface area contributed by atoms with Crippen LogP contribution in [0.5, 0.6) is 0 Å². The van der Waals surface area contributed by atoms with Gasteiger partial charge in [0, 0.05) is 13.1 Å². The number of hydrogen-bond donors (Lipinski definition) is 0. The smallest absolute Gasteiger partial charge is 0.186 e. The van der Waals surface area contributed by atoms with Crippen LogP contribution < -0.4 is 4.90 Å². The molecule has 0 aromatic carbocycles. The Morgan fingerprint density at radius 3 is 3.07 bits per heavy atom. The summed E-state index contributed by atoms with van der Waals surface area (Å²) in [5.41, 5.74) is -0.134. The molecule has 5 heteroatoms. The molecule has 0 bridgehead atoms. The largest absolute Gasteiger partial charge is 0.372 e. The van der Waals surface area contributed by atoms with Gasteiger partial charge in [0.05, 0.1) is 23.3 Å². The number of morpholine rings is 1. The number of anilines is 1. The number of nitrogens with zero attached hydrogens (tertiary/aromatic N) is 2. The Kier molecular flexibility index (Phi) is 2.75. The first-order chi connectivity index (χ1) is 7.11. The maximum Gasteiger partial charge on any atom is 0.186 e. The molecule has 82 valence electrons. The second-order valence-electron chi connectivity index (χ2n) is 4.19. The Bertz CT molecular complexity index is 362. The molecule has 4 nitrogen and oxygen atoms in total. The van der Waals surface area contributed by atoms with E-state index >= 15 is 0 Å². The van der Waals surface area contributed by atoms with Crippen molar-refractivity contribution in [2.75, 3.05) is 24.6 Å². The highest BCUT2D eigenvalue weighted by molar-refractivity contribution is 7.17. The Morgan fingerprint density at radius 2 is 2.47 bits per heavy atom. The van der Waals surface area contributed by atoms with Gasteiger partial charge in [0.25, 0.3) is 0 Å². The van der Waals surface area contributed by atoms with Crippen molar-refractivity contribution >= 4 is 22.8 Å². The van der Waals surface area contributed by atoms with E-state index in [4.69, 9.17) is 4.74 Å². The zero-order valence-corrected chi connectivity index (χ0v) is 9.71. The summed E-state index contributed by atoms with van der Waals surface area (Å²) < 4.78 is 5.62. The Hall–Kier alpha value is -0.940. The molecule has 0 radical (unpaired) electrons. The first-order valence-corrected chi connectivity index (χ1v) is 5.72. The van der Waals surface area contributed by atoms with E-state index in [0.717, 1.165) is 24.5 Å². The van der Waals surface area contributed by atoms with Gasteiger partial charge in [-0.05, 0) is 13.8 Å². The van der Waals surface area contributed by atoms with Crippen LogP contribution >= 0.6 is 11.3 Å². The molecule has 1 aliphatic heterocycles. The average molecular weight is 226 g/mol. The molecule has 0 amide bonds. The summed E-state index contributed by atoms with van der Waals surface area (Å²) in [6.45, 7) is 6.50. The van der Waals surface area contributed by atoms with Crippen molar-refractivity contribution in [1.29, 1.82) is 0 Å². The summed E-state index contributed by atoms with van der Waals surface area (Å²) >= 11 is 1.43. The predicted molar refractivity (Wildman–Crippen MR) is 59.7 cm³/mol. The third-order valence-electron chi connectivity index (χ3n) is 2.32. The zero-order valence-electron chi connectivity index (χ0n) is 8.90. The van der Waals surface area contributed by atoms with Crippen molar-refractivity contribution in [3.63, 3.8) is 0 Å². The first-order valence-electron chi connectivity index (χ1n) is 4.91. The van der Waals surface area contributed by atoms with Crippen molar-refractivity contribution < 1.29 is 9.53 Å². The summed E-state index contributed by atoms with van der Waals surface area (Å²) in [4.78, 5) is 17.6. The second-order valence-corrected chi connectivity index (χ2v) is 5.23. The number of rotatable bonds is 2. The summed E-state index contributed by atoms with van der Waals surface area (Å²) in [7, 11) is 0. The number of aromatic nitrogens is 1. The van der Waals surface area contributed by atoms with Gasteiger partial charge < -0.3 is 9.64 Å². The molecule has 1 saturated heterocycles. The van der Waals surface area contributed by atoms with Crippen LogP contribution in [-0.2, 0) is 4.74 Å². The highest BCUT2D eigenvalue weighted by atomic mass is 32.1. The number of thiazole rings is 1. The van der Waals surface area contributed by atoms with Crippen molar-refractivity contribution in [3.8, 4) is 0 Å². The van der Waals surface area contributed by atoms with Crippen LogP contribution in [0, 0.1) is 0 Å². The molecule has 1 fully saturated rings. The van der Waals surface area contributed by atoms with Gasteiger partial charge in [0.2, 0.25) is 0 Å². The number of ether oxygens (including phenoxy) is 1.